The van der Waals surface area contributed by atoms with Crippen molar-refractivity contribution >= 4 is 16.8 Å². The zero-order chi connectivity index (χ0) is 18.0. The van der Waals surface area contributed by atoms with Crippen LogP contribution < -0.4 is 11.3 Å². The van der Waals surface area contributed by atoms with E-state index in [2.05, 4.69) is 4.98 Å². The third-order valence-corrected chi connectivity index (χ3v) is 4.17. The number of nitrogens with two attached hydrogens (primary N) is 1. The molecule has 1 amide bonds. The third-order valence-electron chi connectivity index (χ3n) is 4.17. The quantitative estimate of drug-likeness (QED) is 0.778. The van der Waals surface area contributed by atoms with Crippen molar-refractivity contribution in [3.8, 4) is 11.4 Å². The molecule has 1 aromatic heterocycles. The average Bonchev–Trinajstić information content (AvgIpc) is 2.60. The Labute approximate surface area is 146 Å². The Kier molecular flexibility index (Phi) is 4.65. The van der Waals surface area contributed by atoms with Crippen LogP contribution in [0, 0.1) is 5.92 Å². The first-order chi connectivity index (χ1) is 12.0. The molecule has 5 nitrogen and oxygen atoms in total. The van der Waals surface area contributed by atoms with Crippen LogP contribution in [0.4, 0.5) is 0 Å². The summed E-state index contributed by atoms with van der Waals surface area (Å²) >= 11 is 0. The molecule has 3 aromatic rings. The van der Waals surface area contributed by atoms with E-state index in [9.17, 15) is 9.59 Å². The Morgan fingerprint density at radius 2 is 1.72 bits per heavy atom. The van der Waals surface area contributed by atoms with Crippen molar-refractivity contribution in [3.05, 3.63) is 65.0 Å². The summed E-state index contributed by atoms with van der Waals surface area (Å²) in [6.07, 6.45) is 0.481. The lowest BCUT2D eigenvalue weighted by Crippen LogP contribution is -2.36. The lowest BCUT2D eigenvalue weighted by molar-refractivity contribution is -0.121. The van der Waals surface area contributed by atoms with E-state index in [1.165, 1.54) is 4.57 Å². The van der Waals surface area contributed by atoms with E-state index in [0.29, 0.717) is 23.1 Å². The topological polar surface area (TPSA) is 78.0 Å². The molecule has 1 heterocycles. The number of nitrogens with zero attached hydrogens (tertiary/aromatic N) is 2. The molecule has 0 aliphatic heterocycles. The molecule has 0 saturated carbocycles. The number of amides is 1. The number of para-hydroxylation sites is 1. The van der Waals surface area contributed by atoms with Crippen molar-refractivity contribution in [2.75, 3.05) is 0 Å². The SMILES string of the molecule is CC(C)CC(C(N)=O)n1c(-c2ccccc2)nc2ccccc2c1=O. The highest BCUT2D eigenvalue weighted by molar-refractivity contribution is 5.83. The van der Waals surface area contributed by atoms with Gasteiger partial charge in [-0.1, -0.05) is 56.3 Å². The standard InChI is InChI=1S/C20H21N3O2/c1-13(2)12-17(18(21)24)23-19(14-8-4-3-5-9-14)22-16-11-7-6-10-15(16)20(23)25/h3-11,13,17H,12H2,1-2H3,(H2,21,24). The van der Waals surface area contributed by atoms with Crippen LogP contribution in [0.3, 0.4) is 0 Å². The van der Waals surface area contributed by atoms with Gasteiger partial charge in [0.05, 0.1) is 10.9 Å². The molecule has 5 heteroatoms. The Morgan fingerprint density at radius 3 is 2.36 bits per heavy atom. The molecule has 25 heavy (non-hydrogen) atoms. The first kappa shape index (κ1) is 16.9. The van der Waals surface area contributed by atoms with Gasteiger partial charge in [-0.2, -0.15) is 0 Å². The monoisotopic (exact) mass is 335 g/mol. The molecule has 128 valence electrons. The lowest BCUT2D eigenvalue weighted by Gasteiger charge is -2.22. The molecular formula is C20H21N3O2. The number of hydrogen-bond donors (Lipinski definition) is 1. The molecule has 0 saturated heterocycles. The van der Waals surface area contributed by atoms with Crippen molar-refractivity contribution in [1.29, 1.82) is 0 Å². The van der Waals surface area contributed by atoms with E-state index >= 15 is 0 Å². The van der Waals surface area contributed by atoms with Gasteiger partial charge in [0.25, 0.3) is 5.56 Å². The Hall–Kier alpha value is -2.95. The summed E-state index contributed by atoms with van der Waals surface area (Å²) in [7, 11) is 0. The number of rotatable bonds is 5. The van der Waals surface area contributed by atoms with Crippen LogP contribution in [0.25, 0.3) is 22.3 Å². The number of benzene rings is 2. The molecule has 0 radical (unpaired) electrons. The molecule has 3 rings (SSSR count). The summed E-state index contributed by atoms with van der Waals surface area (Å²) in [6, 6.07) is 15.8. The highest BCUT2D eigenvalue weighted by atomic mass is 16.2. The smallest absolute Gasteiger partial charge is 0.262 e. The summed E-state index contributed by atoms with van der Waals surface area (Å²) in [5.74, 6) is 0.151. The van der Waals surface area contributed by atoms with Gasteiger partial charge in [-0.3, -0.25) is 14.2 Å². The van der Waals surface area contributed by atoms with Crippen LogP contribution in [0.15, 0.2) is 59.4 Å². The van der Waals surface area contributed by atoms with E-state index in [0.717, 1.165) is 5.56 Å². The fourth-order valence-electron chi connectivity index (χ4n) is 3.02. The van der Waals surface area contributed by atoms with Gasteiger partial charge >= 0.3 is 0 Å². The molecule has 2 N–H and O–H groups in total. The molecule has 0 fully saturated rings. The van der Waals surface area contributed by atoms with Crippen molar-refractivity contribution in [1.82, 2.24) is 9.55 Å². The molecule has 0 aliphatic rings. The van der Waals surface area contributed by atoms with Gasteiger partial charge in [-0.15, -0.1) is 0 Å². The maximum atomic E-state index is 13.2. The summed E-state index contributed by atoms with van der Waals surface area (Å²) < 4.78 is 1.46. The minimum atomic E-state index is -0.736. The van der Waals surface area contributed by atoms with E-state index in [1.807, 2.05) is 50.2 Å². The molecule has 0 aliphatic carbocycles. The van der Waals surface area contributed by atoms with Gasteiger partial charge in [-0.05, 0) is 24.5 Å². The maximum absolute atomic E-state index is 13.2. The second kappa shape index (κ2) is 6.89. The molecule has 1 atom stereocenters. The first-order valence-electron chi connectivity index (χ1n) is 8.35. The first-order valence-corrected chi connectivity index (χ1v) is 8.35. The summed E-state index contributed by atoms with van der Waals surface area (Å²) in [5.41, 5.74) is 6.79. The Morgan fingerprint density at radius 1 is 1.08 bits per heavy atom. The van der Waals surface area contributed by atoms with Crippen LogP contribution in [0.2, 0.25) is 0 Å². The van der Waals surface area contributed by atoms with Crippen LogP contribution in [0.5, 0.6) is 0 Å². The number of hydrogen-bond acceptors (Lipinski definition) is 3. The average molecular weight is 335 g/mol. The summed E-state index contributed by atoms with van der Waals surface area (Å²) in [4.78, 5) is 30.0. The molecule has 1 unspecified atom stereocenters. The Balaban J connectivity index is 2.36. The van der Waals surface area contributed by atoms with Gasteiger partial charge in [0.1, 0.15) is 11.9 Å². The van der Waals surface area contributed by atoms with Gasteiger partial charge < -0.3 is 5.73 Å². The highest BCUT2D eigenvalue weighted by Gasteiger charge is 2.25. The fraction of sp³-hybridized carbons (Fsp3) is 0.250. The van der Waals surface area contributed by atoms with Gasteiger partial charge in [0.2, 0.25) is 5.91 Å². The lowest BCUT2D eigenvalue weighted by atomic mass is 10.0. The third kappa shape index (κ3) is 3.31. The minimum absolute atomic E-state index is 0.208. The van der Waals surface area contributed by atoms with E-state index in [1.54, 1.807) is 18.2 Å². The normalized spacial score (nSPS) is 12.4. The highest BCUT2D eigenvalue weighted by Crippen LogP contribution is 2.25. The van der Waals surface area contributed by atoms with Crippen LogP contribution in [0.1, 0.15) is 26.3 Å². The number of aromatic nitrogens is 2. The van der Waals surface area contributed by atoms with Crippen molar-refractivity contribution in [2.45, 2.75) is 26.3 Å². The second-order valence-electron chi connectivity index (χ2n) is 6.54. The molecular weight excluding hydrogens is 314 g/mol. The Bertz CT molecular complexity index is 962. The van der Waals surface area contributed by atoms with Gasteiger partial charge in [0, 0.05) is 5.56 Å². The number of carbonyl (C=O) groups is 1. The van der Waals surface area contributed by atoms with Crippen LogP contribution in [-0.2, 0) is 4.79 Å². The molecule has 0 spiro atoms. The van der Waals surface area contributed by atoms with Gasteiger partial charge in [0.15, 0.2) is 0 Å². The molecule has 0 bridgehead atoms. The predicted octanol–water partition coefficient (Wildman–Crippen LogP) is 3.14. The van der Waals surface area contributed by atoms with Gasteiger partial charge in [-0.25, -0.2) is 4.98 Å². The molecule has 2 aromatic carbocycles. The van der Waals surface area contributed by atoms with Crippen LogP contribution in [-0.4, -0.2) is 15.5 Å². The number of fused-ring (bicyclic) bond motifs is 1. The number of primary amides is 1. The second-order valence-corrected chi connectivity index (χ2v) is 6.54. The van der Waals surface area contributed by atoms with E-state index in [4.69, 9.17) is 5.73 Å². The fourth-order valence-corrected chi connectivity index (χ4v) is 3.02. The maximum Gasteiger partial charge on any atom is 0.262 e. The van der Waals surface area contributed by atoms with Crippen molar-refractivity contribution in [3.63, 3.8) is 0 Å². The minimum Gasteiger partial charge on any atom is -0.368 e. The van der Waals surface area contributed by atoms with E-state index in [-0.39, 0.29) is 11.5 Å². The van der Waals surface area contributed by atoms with Crippen LogP contribution >= 0.6 is 0 Å². The van der Waals surface area contributed by atoms with Crippen molar-refractivity contribution < 1.29 is 4.79 Å². The predicted molar refractivity (Wildman–Crippen MR) is 99.1 cm³/mol. The largest absolute Gasteiger partial charge is 0.368 e. The summed E-state index contributed by atoms with van der Waals surface area (Å²) in [6.45, 7) is 4.00. The number of carbonyl (C=O) groups excluding carboxylic acids is 1. The van der Waals surface area contributed by atoms with E-state index < -0.39 is 11.9 Å². The van der Waals surface area contributed by atoms with Crippen molar-refractivity contribution in [2.24, 2.45) is 11.7 Å². The zero-order valence-corrected chi connectivity index (χ0v) is 14.3. The summed E-state index contributed by atoms with van der Waals surface area (Å²) in [5, 5.41) is 0.484. The zero-order valence-electron chi connectivity index (χ0n) is 14.3.